The van der Waals surface area contributed by atoms with Crippen LogP contribution in [0.2, 0.25) is 18.1 Å². The molecule has 0 aromatic carbocycles. The molecule has 0 aromatic heterocycles. The first-order valence-corrected chi connectivity index (χ1v) is 8.12. The fraction of sp³-hybridized carbons (Fsp3) is 0.900. The van der Waals surface area contributed by atoms with Gasteiger partial charge in [0.2, 0.25) is 5.91 Å². The zero-order valence-corrected chi connectivity index (χ0v) is 10.5. The van der Waals surface area contributed by atoms with E-state index in [1.54, 1.807) is 0 Å². The van der Waals surface area contributed by atoms with Crippen molar-refractivity contribution in [1.29, 1.82) is 0 Å². The molecule has 82 valence electrons. The van der Waals surface area contributed by atoms with Crippen LogP contribution in [0.15, 0.2) is 0 Å². The predicted octanol–water partition coefficient (Wildman–Crippen LogP) is 2.20. The Morgan fingerprint density at radius 3 is 2.14 bits per heavy atom. The SMILES string of the molecule is CC[Si](CC)(CC)OCN1CCC1=O. The van der Waals surface area contributed by atoms with Crippen LogP contribution in [0.3, 0.4) is 0 Å². The highest BCUT2D eigenvalue weighted by atomic mass is 28.4. The summed E-state index contributed by atoms with van der Waals surface area (Å²) in [5, 5.41) is 0. The first kappa shape index (κ1) is 11.7. The van der Waals surface area contributed by atoms with Gasteiger partial charge in [0.05, 0.1) is 0 Å². The van der Waals surface area contributed by atoms with E-state index in [0.717, 1.165) is 24.7 Å². The molecule has 4 heteroatoms. The van der Waals surface area contributed by atoms with E-state index in [4.69, 9.17) is 4.43 Å². The maximum Gasteiger partial charge on any atom is 0.226 e. The van der Waals surface area contributed by atoms with Crippen LogP contribution in [-0.4, -0.2) is 32.4 Å². The average Bonchev–Trinajstić information content (AvgIpc) is 2.23. The molecule has 0 unspecified atom stereocenters. The van der Waals surface area contributed by atoms with Crippen molar-refractivity contribution in [2.75, 3.05) is 13.3 Å². The minimum absolute atomic E-state index is 0.246. The van der Waals surface area contributed by atoms with E-state index in [9.17, 15) is 4.79 Å². The molecule has 0 atom stereocenters. The van der Waals surface area contributed by atoms with Gasteiger partial charge in [0.15, 0.2) is 8.32 Å². The van der Waals surface area contributed by atoms with Gasteiger partial charge in [0, 0.05) is 13.0 Å². The lowest BCUT2D eigenvalue weighted by Gasteiger charge is -2.35. The number of nitrogens with zero attached hydrogens (tertiary/aromatic N) is 1. The molecule has 0 radical (unpaired) electrons. The molecule has 0 N–H and O–H groups in total. The smallest absolute Gasteiger partial charge is 0.226 e. The number of rotatable bonds is 6. The standard InChI is InChI=1S/C10H21NO2Si/c1-4-14(5-2,6-3)13-9-11-8-7-10(11)12/h4-9H2,1-3H3. The highest BCUT2D eigenvalue weighted by molar-refractivity contribution is 6.73. The van der Waals surface area contributed by atoms with Gasteiger partial charge in [-0.05, 0) is 18.1 Å². The largest absolute Gasteiger partial charge is 0.399 e. The number of amides is 1. The Labute approximate surface area is 87.6 Å². The van der Waals surface area contributed by atoms with Gasteiger partial charge in [-0.25, -0.2) is 0 Å². The van der Waals surface area contributed by atoms with E-state index in [0.29, 0.717) is 13.2 Å². The van der Waals surface area contributed by atoms with Gasteiger partial charge < -0.3 is 9.33 Å². The van der Waals surface area contributed by atoms with Crippen molar-refractivity contribution in [2.45, 2.75) is 45.3 Å². The minimum Gasteiger partial charge on any atom is -0.399 e. The molecule has 1 rings (SSSR count). The van der Waals surface area contributed by atoms with Gasteiger partial charge in [-0.3, -0.25) is 4.79 Å². The quantitative estimate of drug-likeness (QED) is 0.502. The molecule has 3 nitrogen and oxygen atoms in total. The Hall–Kier alpha value is -0.353. The van der Waals surface area contributed by atoms with Gasteiger partial charge in [-0.2, -0.15) is 0 Å². The maximum atomic E-state index is 11.1. The van der Waals surface area contributed by atoms with Crippen molar-refractivity contribution < 1.29 is 9.22 Å². The molecule has 1 heterocycles. The van der Waals surface area contributed by atoms with Crippen molar-refractivity contribution >= 4 is 14.2 Å². The first-order valence-electron chi connectivity index (χ1n) is 5.59. The van der Waals surface area contributed by atoms with E-state index in [1.807, 2.05) is 4.90 Å². The Kier molecular flexibility index (Phi) is 4.13. The summed E-state index contributed by atoms with van der Waals surface area (Å²) in [6.07, 6.45) is 0.711. The molecule has 0 aromatic rings. The summed E-state index contributed by atoms with van der Waals surface area (Å²) in [6.45, 7) is 8.05. The lowest BCUT2D eigenvalue weighted by Crippen LogP contribution is -2.48. The zero-order valence-electron chi connectivity index (χ0n) is 9.51. The van der Waals surface area contributed by atoms with E-state index < -0.39 is 8.32 Å². The predicted molar refractivity (Wildman–Crippen MR) is 59.5 cm³/mol. The number of β-lactam (4-membered cyclic amide) rings is 1. The van der Waals surface area contributed by atoms with E-state index >= 15 is 0 Å². The van der Waals surface area contributed by atoms with E-state index in [1.165, 1.54) is 0 Å². The number of hydrogen-bond acceptors (Lipinski definition) is 2. The number of hydrogen-bond donors (Lipinski definition) is 0. The second kappa shape index (κ2) is 4.93. The fourth-order valence-electron chi connectivity index (χ4n) is 1.77. The van der Waals surface area contributed by atoms with E-state index in [2.05, 4.69) is 20.8 Å². The second-order valence-electron chi connectivity index (χ2n) is 3.92. The Bertz CT molecular complexity index is 196. The Morgan fingerprint density at radius 1 is 1.29 bits per heavy atom. The van der Waals surface area contributed by atoms with Crippen LogP contribution in [0.1, 0.15) is 27.2 Å². The molecular weight excluding hydrogens is 194 g/mol. The third-order valence-corrected chi connectivity index (χ3v) is 8.02. The van der Waals surface area contributed by atoms with Crippen molar-refractivity contribution in [3.8, 4) is 0 Å². The van der Waals surface area contributed by atoms with Gasteiger partial charge >= 0.3 is 0 Å². The van der Waals surface area contributed by atoms with Gasteiger partial charge in [0.25, 0.3) is 0 Å². The molecule has 1 amide bonds. The van der Waals surface area contributed by atoms with Crippen molar-refractivity contribution in [1.82, 2.24) is 4.90 Å². The summed E-state index contributed by atoms with van der Waals surface area (Å²) in [6, 6.07) is 3.46. The monoisotopic (exact) mass is 215 g/mol. The zero-order chi connectivity index (χ0) is 10.6. The summed E-state index contributed by atoms with van der Waals surface area (Å²) >= 11 is 0. The molecule has 1 saturated heterocycles. The number of carbonyl (C=O) groups is 1. The number of carbonyl (C=O) groups excluding carboxylic acids is 1. The van der Waals surface area contributed by atoms with Crippen molar-refractivity contribution in [3.05, 3.63) is 0 Å². The molecule has 0 spiro atoms. The molecule has 14 heavy (non-hydrogen) atoms. The molecule has 0 saturated carbocycles. The van der Waals surface area contributed by atoms with Gasteiger partial charge in [0.1, 0.15) is 6.73 Å². The lowest BCUT2D eigenvalue weighted by atomic mass is 10.2. The average molecular weight is 215 g/mol. The second-order valence-corrected chi connectivity index (χ2v) is 8.70. The van der Waals surface area contributed by atoms with Gasteiger partial charge in [-0.1, -0.05) is 20.8 Å². The molecular formula is C10H21NO2Si. The molecule has 1 aliphatic rings. The van der Waals surface area contributed by atoms with Gasteiger partial charge in [-0.15, -0.1) is 0 Å². The Morgan fingerprint density at radius 2 is 1.86 bits per heavy atom. The van der Waals surface area contributed by atoms with Crippen molar-refractivity contribution in [3.63, 3.8) is 0 Å². The molecule has 0 aliphatic carbocycles. The summed E-state index contributed by atoms with van der Waals surface area (Å²) in [5.74, 6) is 0.246. The topological polar surface area (TPSA) is 29.5 Å². The van der Waals surface area contributed by atoms with Crippen LogP contribution in [0.25, 0.3) is 0 Å². The summed E-state index contributed by atoms with van der Waals surface area (Å²) in [5.41, 5.74) is 0. The third kappa shape index (κ3) is 2.36. The van der Waals surface area contributed by atoms with Crippen LogP contribution in [0, 0.1) is 0 Å². The van der Waals surface area contributed by atoms with Crippen LogP contribution in [-0.2, 0) is 9.22 Å². The fourth-order valence-corrected chi connectivity index (χ4v) is 4.31. The normalized spacial score (nSPS) is 17.1. The van der Waals surface area contributed by atoms with Crippen molar-refractivity contribution in [2.24, 2.45) is 0 Å². The maximum absolute atomic E-state index is 11.1. The highest BCUT2D eigenvalue weighted by Crippen LogP contribution is 2.22. The lowest BCUT2D eigenvalue weighted by molar-refractivity contribution is -0.143. The Balaban J connectivity index is 2.36. The first-order chi connectivity index (χ1) is 6.67. The highest BCUT2D eigenvalue weighted by Gasteiger charge is 2.31. The molecule has 1 fully saturated rings. The minimum atomic E-state index is -1.49. The van der Waals surface area contributed by atoms with Crippen LogP contribution >= 0.6 is 0 Å². The summed E-state index contributed by atoms with van der Waals surface area (Å²) in [4.78, 5) is 12.9. The van der Waals surface area contributed by atoms with Crippen LogP contribution in [0.5, 0.6) is 0 Å². The van der Waals surface area contributed by atoms with Crippen LogP contribution < -0.4 is 0 Å². The van der Waals surface area contributed by atoms with E-state index in [-0.39, 0.29) is 5.91 Å². The van der Waals surface area contributed by atoms with Crippen LogP contribution in [0.4, 0.5) is 0 Å². The molecule has 1 aliphatic heterocycles. The summed E-state index contributed by atoms with van der Waals surface area (Å²) in [7, 11) is -1.49. The summed E-state index contributed by atoms with van der Waals surface area (Å²) < 4.78 is 6.00. The third-order valence-electron chi connectivity index (χ3n) is 3.41. The molecule has 0 bridgehead atoms. The number of likely N-dealkylation sites (tertiary alicyclic amines) is 1.